The molecule has 0 aliphatic heterocycles. The maximum absolute atomic E-state index is 12.7. The highest BCUT2D eigenvalue weighted by atomic mass is 19.1. The Hall–Kier alpha value is -2.43. The van der Waals surface area contributed by atoms with Crippen molar-refractivity contribution in [2.24, 2.45) is 0 Å². The standard InChI is InChI=1S/C13H10FNO3/c1-8-2-4-11(10(6-8)13(16)17)18-12-5-3-9(14)7-15-12/h2-7H,1H3,(H,16,17). The number of hydrogen-bond donors (Lipinski definition) is 1. The summed E-state index contributed by atoms with van der Waals surface area (Å²) in [6.07, 6.45) is 1.00. The lowest BCUT2D eigenvalue weighted by Crippen LogP contribution is -2.01. The molecule has 0 saturated heterocycles. The summed E-state index contributed by atoms with van der Waals surface area (Å²) < 4.78 is 18.0. The highest BCUT2D eigenvalue weighted by Crippen LogP contribution is 2.25. The van der Waals surface area contributed by atoms with Crippen molar-refractivity contribution in [3.8, 4) is 11.6 Å². The summed E-state index contributed by atoms with van der Waals surface area (Å²) in [7, 11) is 0. The average Bonchev–Trinajstić information content (AvgIpc) is 2.34. The molecule has 1 aromatic heterocycles. The molecule has 4 nitrogen and oxygen atoms in total. The lowest BCUT2D eigenvalue weighted by molar-refractivity contribution is 0.0694. The molecule has 0 spiro atoms. The molecule has 0 atom stereocenters. The van der Waals surface area contributed by atoms with Crippen molar-refractivity contribution in [2.75, 3.05) is 0 Å². The van der Waals surface area contributed by atoms with E-state index in [2.05, 4.69) is 4.98 Å². The van der Waals surface area contributed by atoms with Crippen LogP contribution < -0.4 is 4.74 Å². The Labute approximate surface area is 103 Å². The molecule has 18 heavy (non-hydrogen) atoms. The van der Waals surface area contributed by atoms with Crippen LogP contribution in [0.3, 0.4) is 0 Å². The van der Waals surface area contributed by atoms with Gasteiger partial charge in [0.1, 0.15) is 17.1 Å². The lowest BCUT2D eigenvalue weighted by atomic mass is 10.1. The van der Waals surface area contributed by atoms with E-state index in [1.807, 2.05) is 0 Å². The number of pyridine rings is 1. The van der Waals surface area contributed by atoms with Gasteiger partial charge in [0, 0.05) is 6.07 Å². The minimum Gasteiger partial charge on any atom is -0.478 e. The third-order valence-corrected chi connectivity index (χ3v) is 2.28. The molecule has 0 aliphatic carbocycles. The van der Waals surface area contributed by atoms with Crippen molar-refractivity contribution < 1.29 is 19.0 Å². The Bertz CT molecular complexity index is 581. The molecule has 0 radical (unpaired) electrons. The molecule has 2 rings (SSSR count). The van der Waals surface area contributed by atoms with E-state index in [-0.39, 0.29) is 17.2 Å². The van der Waals surface area contributed by atoms with Gasteiger partial charge in [0.05, 0.1) is 6.20 Å². The van der Waals surface area contributed by atoms with E-state index < -0.39 is 11.8 Å². The van der Waals surface area contributed by atoms with Crippen LogP contribution in [0.1, 0.15) is 15.9 Å². The minimum atomic E-state index is -1.09. The van der Waals surface area contributed by atoms with Crippen LogP contribution in [0.4, 0.5) is 4.39 Å². The van der Waals surface area contributed by atoms with Crippen LogP contribution in [0, 0.1) is 12.7 Å². The molecule has 0 bridgehead atoms. The zero-order valence-corrected chi connectivity index (χ0v) is 9.55. The fourth-order valence-corrected chi connectivity index (χ4v) is 1.44. The van der Waals surface area contributed by atoms with Crippen molar-refractivity contribution in [1.29, 1.82) is 0 Å². The first-order chi connectivity index (χ1) is 8.56. The van der Waals surface area contributed by atoms with E-state index in [1.165, 1.54) is 18.2 Å². The van der Waals surface area contributed by atoms with E-state index in [9.17, 15) is 9.18 Å². The van der Waals surface area contributed by atoms with Crippen molar-refractivity contribution in [3.63, 3.8) is 0 Å². The van der Waals surface area contributed by atoms with Gasteiger partial charge in [-0.15, -0.1) is 0 Å². The number of hydrogen-bond acceptors (Lipinski definition) is 3. The van der Waals surface area contributed by atoms with Gasteiger partial charge in [0.15, 0.2) is 0 Å². The highest BCUT2D eigenvalue weighted by molar-refractivity contribution is 5.91. The number of halogens is 1. The number of ether oxygens (including phenoxy) is 1. The van der Waals surface area contributed by atoms with Crippen LogP contribution in [0.25, 0.3) is 0 Å². The molecule has 0 unspecified atom stereocenters. The summed E-state index contributed by atoms with van der Waals surface area (Å²) in [4.78, 5) is 14.8. The average molecular weight is 247 g/mol. The van der Waals surface area contributed by atoms with E-state index in [4.69, 9.17) is 9.84 Å². The molecule has 0 aliphatic rings. The maximum Gasteiger partial charge on any atom is 0.339 e. The Kier molecular flexibility index (Phi) is 3.23. The van der Waals surface area contributed by atoms with E-state index >= 15 is 0 Å². The Morgan fingerprint density at radius 2 is 2.11 bits per heavy atom. The van der Waals surface area contributed by atoms with E-state index in [0.29, 0.717) is 0 Å². The van der Waals surface area contributed by atoms with Crippen molar-refractivity contribution >= 4 is 5.97 Å². The highest BCUT2D eigenvalue weighted by Gasteiger charge is 2.12. The lowest BCUT2D eigenvalue weighted by Gasteiger charge is -2.08. The number of benzene rings is 1. The first-order valence-electron chi connectivity index (χ1n) is 5.19. The molecule has 1 heterocycles. The van der Waals surface area contributed by atoms with Gasteiger partial charge >= 0.3 is 5.97 Å². The smallest absolute Gasteiger partial charge is 0.339 e. The molecule has 0 fully saturated rings. The number of aryl methyl sites for hydroxylation is 1. The van der Waals surface area contributed by atoms with Crippen molar-refractivity contribution in [1.82, 2.24) is 4.98 Å². The molecule has 0 saturated carbocycles. The van der Waals surface area contributed by atoms with Crippen LogP contribution in [-0.4, -0.2) is 16.1 Å². The minimum absolute atomic E-state index is 0.0427. The molecule has 1 N–H and O–H groups in total. The van der Waals surface area contributed by atoms with Crippen LogP contribution in [0.5, 0.6) is 11.6 Å². The van der Waals surface area contributed by atoms with Crippen LogP contribution >= 0.6 is 0 Å². The number of nitrogens with zero attached hydrogens (tertiary/aromatic N) is 1. The second-order valence-corrected chi connectivity index (χ2v) is 3.72. The Balaban J connectivity index is 2.34. The van der Waals surface area contributed by atoms with Gasteiger partial charge in [0.2, 0.25) is 5.88 Å². The molecule has 92 valence electrons. The summed E-state index contributed by atoms with van der Waals surface area (Å²) in [5.41, 5.74) is 0.855. The van der Waals surface area contributed by atoms with Gasteiger partial charge in [-0.2, -0.15) is 0 Å². The Morgan fingerprint density at radius 1 is 1.33 bits per heavy atom. The topological polar surface area (TPSA) is 59.4 Å². The van der Waals surface area contributed by atoms with Crippen molar-refractivity contribution in [3.05, 3.63) is 53.5 Å². The molecule has 5 heteroatoms. The number of carboxylic acid groups (broad SMARTS) is 1. The molecule has 0 amide bonds. The summed E-state index contributed by atoms with van der Waals surface area (Å²) in [6.45, 7) is 1.78. The van der Waals surface area contributed by atoms with Gasteiger partial charge in [-0.3, -0.25) is 0 Å². The molecular weight excluding hydrogens is 237 g/mol. The maximum atomic E-state index is 12.7. The van der Waals surface area contributed by atoms with E-state index in [1.54, 1.807) is 19.1 Å². The van der Waals surface area contributed by atoms with Gasteiger partial charge in [0.25, 0.3) is 0 Å². The van der Waals surface area contributed by atoms with Crippen LogP contribution in [0.2, 0.25) is 0 Å². The largest absolute Gasteiger partial charge is 0.478 e. The van der Waals surface area contributed by atoms with Gasteiger partial charge < -0.3 is 9.84 Å². The molecular formula is C13H10FNO3. The normalized spacial score (nSPS) is 10.1. The number of aromatic nitrogens is 1. The quantitative estimate of drug-likeness (QED) is 0.905. The zero-order valence-electron chi connectivity index (χ0n) is 9.55. The summed E-state index contributed by atoms with van der Waals surface area (Å²) in [5.74, 6) is -1.25. The predicted molar refractivity (Wildman–Crippen MR) is 62.4 cm³/mol. The number of carbonyl (C=O) groups is 1. The SMILES string of the molecule is Cc1ccc(Oc2ccc(F)cn2)c(C(=O)O)c1. The summed E-state index contributed by atoms with van der Waals surface area (Å²) in [6, 6.07) is 7.30. The van der Waals surface area contributed by atoms with Crippen molar-refractivity contribution in [2.45, 2.75) is 6.92 Å². The molecule has 2 aromatic rings. The number of carboxylic acids is 1. The first-order valence-corrected chi connectivity index (χ1v) is 5.19. The summed E-state index contributed by atoms with van der Waals surface area (Å²) in [5, 5.41) is 9.05. The third-order valence-electron chi connectivity index (χ3n) is 2.28. The Morgan fingerprint density at radius 3 is 2.72 bits per heavy atom. The monoisotopic (exact) mass is 247 g/mol. The fourth-order valence-electron chi connectivity index (χ4n) is 1.44. The van der Waals surface area contributed by atoms with Gasteiger partial charge in [-0.1, -0.05) is 11.6 Å². The number of rotatable bonds is 3. The second-order valence-electron chi connectivity index (χ2n) is 3.72. The van der Waals surface area contributed by atoms with Crippen LogP contribution in [0.15, 0.2) is 36.5 Å². The van der Waals surface area contributed by atoms with Gasteiger partial charge in [-0.05, 0) is 25.1 Å². The first kappa shape index (κ1) is 12.0. The molecule has 1 aromatic carbocycles. The predicted octanol–water partition coefficient (Wildman–Crippen LogP) is 3.02. The number of aromatic carboxylic acids is 1. The van der Waals surface area contributed by atoms with Crippen LogP contribution in [-0.2, 0) is 0 Å². The summed E-state index contributed by atoms with van der Waals surface area (Å²) >= 11 is 0. The zero-order chi connectivity index (χ0) is 13.1. The van der Waals surface area contributed by atoms with E-state index in [0.717, 1.165) is 11.8 Å². The fraction of sp³-hybridized carbons (Fsp3) is 0.0769. The second kappa shape index (κ2) is 4.83. The van der Waals surface area contributed by atoms with Gasteiger partial charge in [-0.25, -0.2) is 14.2 Å². The third kappa shape index (κ3) is 2.63.